The van der Waals surface area contributed by atoms with Gasteiger partial charge in [-0.3, -0.25) is 4.79 Å². The Morgan fingerprint density at radius 1 is 1.09 bits per heavy atom. The first-order valence-corrected chi connectivity index (χ1v) is 11.7. The average Bonchev–Trinajstić information content (AvgIpc) is 3.49. The molecule has 0 bridgehead atoms. The minimum Gasteiger partial charge on any atom is -0.370 e. The van der Waals surface area contributed by atoms with Crippen LogP contribution in [0.4, 0.5) is 17.6 Å². The lowest BCUT2D eigenvalue weighted by Gasteiger charge is -2.33. The quantitative estimate of drug-likeness (QED) is 0.339. The lowest BCUT2D eigenvalue weighted by Crippen LogP contribution is -2.38. The highest BCUT2D eigenvalue weighted by Crippen LogP contribution is 2.38. The molecular formula is C26H25F4N3O2. The molecule has 35 heavy (non-hydrogen) atoms. The molecule has 2 saturated heterocycles. The normalized spacial score (nSPS) is 19.8. The van der Waals surface area contributed by atoms with Gasteiger partial charge in [0.1, 0.15) is 17.7 Å². The second-order valence-electron chi connectivity index (χ2n) is 8.99. The second kappa shape index (κ2) is 9.45. The van der Waals surface area contributed by atoms with Gasteiger partial charge in [-0.1, -0.05) is 12.1 Å². The number of alkyl halides is 3. The van der Waals surface area contributed by atoms with E-state index in [0.717, 1.165) is 25.0 Å². The van der Waals surface area contributed by atoms with Crippen LogP contribution in [0.1, 0.15) is 54.8 Å². The molecule has 0 unspecified atom stereocenters. The van der Waals surface area contributed by atoms with E-state index in [0.29, 0.717) is 55.0 Å². The van der Waals surface area contributed by atoms with E-state index < -0.39 is 11.7 Å². The maximum absolute atomic E-state index is 13.4. The van der Waals surface area contributed by atoms with Crippen molar-refractivity contribution in [2.45, 2.75) is 44.0 Å². The summed E-state index contributed by atoms with van der Waals surface area (Å²) in [7, 11) is 0. The Balaban J connectivity index is 1.36. The van der Waals surface area contributed by atoms with Crippen molar-refractivity contribution in [3.05, 3.63) is 71.3 Å². The SMILES string of the molecule is O=C(/C=C/c1cccc(F)c1)N1CCC(n2c([C@@H]3CCCO3)nc3cc(C(F)(F)F)ccc32)CC1. The molecule has 1 atom stereocenters. The summed E-state index contributed by atoms with van der Waals surface area (Å²) in [4.78, 5) is 19.0. The number of carbonyl (C=O) groups is 1. The lowest BCUT2D eigenvalue weighted by atomic mass is 10.0. The summed E-state index contributed by atoms with van der Waals surface area (Å²) in [5.41, 5.74) is 0.845. The number of hydrogen-bond acceptors (Lipinski definition) is 3. The average molecular weight is 487 g/mol. The Labute approximate surface area is 200 Å². The zero-order valence-electron chi connectivity index (χ0n) is 19.0. The molecule has 184 valence electrons. The number of nitrogens with zero attached hydrogens (tertiary/aromatic N) is 3. The third kappa shape index (κ3) is 4.96. The van der Waals surface area contributed by atoms with Gasteiger partial charge in [-0.05, 0) is 67.7 Å². The Hall–Kier alpha value is -3.20. The van der Waals surface area contributed by atoms with Crippen LogP contribution in [0.3, 0.4) is 0 Å². The molecule has 2 aromatic carbocycles. The van der Waals surface area contributed by atoms with Crippen LogP contribution in [0.2, 0.25) is 0 Å². The maximum atomic E-state index is 13.4. The third-order valence-electron chi connectivity index (χ3n) is 6.67. The van der Waals surface area contributed by atoms with Crippen LogP contribution in [0, 0.1) is 5.82 Å². The molecule has 0 aliphatic carbocycles. The Kier molecular flexibility index (Phi) is 6.35. The Morgan fingerprint density at radius 3 is 2.57 bits per heavy atom. The fraction of sp³-hybridized carbons (Fsp3) is 0.385. The topological polar surface area (TPSA) is 47.4 Å². The summed E-state index contributed by atoms with van der Waals surface area (Å²) < 4.78 is 61.0. The highest BCUT2D eigenvalue weighted by atomic mass is 19.4. The van der Waals surface area contributed by atoms with Crippen LogP contribution in [0.25, 0.3) is 17.1 Å². The largest absolute Gasteiger partial charge is 0.416 e. The Bertz CT molecular complexity index is 1250. The smallest absolute Gasteiger partial charge is 0.370 e. The minimum atomic E-state index is -4.44. The molecule has 3 aromatic rings. The summed E-state index contributed by atoms with van der Waals surface area (Å²) in [5, 5.41) is 0. The first-order chi connectivity index (χ1) is 16.8. The lowest BCUT2D eigenvalue weighted by molar-refractivity contribution is -0.137. The molecule has 1 aromatic heterocycles. The molecule has 3 heterocycles. The van der Waals surface area contributed by atoms with Crippen molar-refractivity contribution in [1.82, 2.24) is 14.5 Å². The summed E-state index contributed by atoms with van der Waals surface area (Å²) in [6.45, 7) is 1.61. The van der Waals surface area contributed by atoms with Gasteiger partial charge in [-0.2, -0.15) is 13.2 Å². The van der Waals surface area contributed by atoms with E-state index in [1.165, 1.54) is 24.3 Å². The molecule has 5 nitrogen and oxygen atoms in total. The van der Waals surface area contributed by atoms with Crippen LogP contribution < -0.4 is 0 Å². The molecule has 0 saturated carbocycles. The zero-order chi connectivity index (χ0) is 24.6. The van der Waals surface area contributed by atoms with Crippen LogP contribution >= 0.6 is 0 Å². The van der Waals surface area contributed by atoms with Gasteiger partial charge in [-0.25, -0.2) is 9.37 Å². The fourth-order valence-corrected chi connectivity index (χ4v) is 4.91. The summed E-state index contributed by atoms with van der Waals surface area (Å²) in [6, 6.07) is 9.69. The summed E-state index contributed by atoms with van der Waals surface area (Å²) in [5.74, 6) is 0.141. The molecule has 2 fully saturated rings. The highest BCUT2D eigenvalue weighted by Gasteiger charge is 2.34. The molecule has 0 radical (unpaired) electrons. The molecule has 9 heteroatoms. The van der Waals surface area contributed by atoms with Crippen LogP contribution in [0.15, 0.2) is 48.5 Å². The number of carbonyl (C=O) groups excluding carboxylic acids is 1. The van der Waals surface area contributed by atoms with Crippen LogP contribution in [0.5, 0.6) is 0 Å². The number of aromatic nitrogens is 2. The molecule has 2 aliphatic rings. The van der Waals surface area contributed by atoms with Crippen molar-refractivity contribution in [3.8, 4) is 0 Å². The maximum Gasteiger partial charge on any atom is 0.416 e. The first-order valence-electron chi connectivity index (χ1n) is 11.7. The van der Waals surface area contributed by atoms with Gasteiger partial charge in [0, 0.05) is 31.8 Å². The van der Waals surface area contributed by atoms with Gasteiger partial charge in [0.05, 0.1) is 16.6 Å². The van der Waals surface area contributed by atoms with Gasteiger partial charge in [-0.15, -0.1) is 0 Å². The highest BCUT2D eigenvalue weighted by molar-refractivity contribution is 5.91. The van der Waals surface area contributed by atoms with E-state index in [9.17, 15) is 22.4 Å². The molecule has 0 N–H and O–H groups in total. The number of likely N-dealkylation sites (tertiary alicyclic amines) is 1. The molecule has 2 aliphatic heterocycles. The standard InChI is InChI=1S/C26H25F4N3O2/c27-19-4-1-3-17(15-19)6-9-24(34)32-12-10-20(11-13-32)33-22-8-7-18(26(28,29)30)16-21(22)31-25(33)23-5-2-14-35-23/h1,3-4,6-9,15-16,20,23H,2,5,10-14H2/b9-6+/t23-/m0/s1. The number of fused-ring (bicyclic) bond motifs is 1. The van der Waals surface area contributed by atoms with Crippen molar-refractivity contribution < 1.29 is 27.1 Å². The third-order valence-corrected chi connectivity index (χ3v) is 6.67. The number of amides is 1. The van der Waals surface area contributed by atoms with Gasteiger partial charge >= 0.3 is 6.18 Å². The fourth-order valence-electron chi connectivity index (χ4n) is 4.91. The number of rotatable bonds is 4. The van der Waals surface area contributed by atoms with E-state index in [-0.39, 0.29) is 23.9 Å². The zero-order valence-corrected chi connectivity index (χ0v) is 19.0. The number of benzene rings is 2. The number of imidazole rings is 1. The van der Waals surface area contributed by atoms with E-state index >= 15 is 0 Å². The molecule has 1 amide bonds. The molecule has 5 rings (SSSR count). The summed E-state index contributed by atoms with van der Waals surface area (Å²) in [6.07, 6.45) is 1.30. The van der Waals surface area contributed by atoms with Crippen molar-refractivity contribution in [2.75, 3.05) is 19.7 Å². The molecular weight excluding hydrogens is 462 g/mol. The predicted molar refractivity (Wildman–Crippen MR) is 123 cm³/mol. The first kappa shape index (κ1) is 23.5. The van der Waals surface area contributed by atoms with Crippen molar-refractivity contribution in [3.63, 3.8) is 0 Å². The molecule has 0 spiro atoms. The monoisotopic (exact) mass is 487 g/mol. The minimum absolute atomic E-state index is 0.00724. The van der Waals surface area contributed by atoms with Gasteiger partial charge in [0.2, 0.25) is 5.91 Å². The number of hydrogen-bond donors (Lipinski definition) is 0. The number of piperidine rings is 1. The number of ether oxygens (including phenoxy) is 1. The Morgan fingerprint density at radius 2 is 1.89 bits per heavy atom. The van der Waals surface area contributed by atoms with Crippen LogP contribution in [-0.2, 0) is 15.7 Å². The predicted octanol–water partition coefficient (Wildman–Crippen LogP) is 5.92. The van der Waals surface area contributed by atoms with Crippen LogP contribution in [-0.4, -0.2) is 40.1 Å². The van der Waals surface area contributed by atoms with Gasteiger partial charge in [0.25, 0.3) is 0 Å². The van der Waals surface area contributed by atoms with E-state index in [1.54, 1.807) is 23.1 Å². The van der Waals surface area contributed by atoms with Crippen molar-refractivity contribution >= 4 is 23.0 Å². The van der Waals surface area contributed by atoms with Gasteiger partial charge < -0.3 is 14.2 Å². The van der Waals surface area contributed by atoms with Crippen molar-refractivity contribution in [1.29, 1.82) is 0 Å². The van der Waals surface area contributed by atoms with Gasteiger partial charge in [0.15, 0.2) is 0 Å². The van der Waals surface area contributed by atoms with E-state index in [4.69, 9.17) is 4.74 Å². The van der Waals surface area contributed by atoms with E-state index in [1.807, 2.05) is 4.57 Å². The van der Waals surface area contributed by atoms with E-state index in [2.05, 4.69) is 4.98 Å². The number of halogens is 4. The van der Waals surface area contributed by atoms with Crippen molar-refractivity contribution in [2.24, 2.45) is 0 Å². The second-order valence-corrected chi connectivity index (χ2v) is 8.99. The summed E-state index contributed by atoms with van der Waals surface area (Å²) >= 11 is 0.